The number of hydrogen-bond donors (Lipinski definition) is 1. The molecule has 1 atom stereocenters. The average molecular weight is 255 g/mol. The van der Waals surface area contributed by atoms with Gasteiger partial charge < -0.3 is 14.8 Å². The maximum atomic E-state index is 12.7. The zero-order chi connectivity index (χ0) is 13.4. The Labute approximate surface area is 106 Å². The first-order chi connectivity index (χ1) is 8.61. The summed E-state index contributed by atoms with van der Waals surface area (Å²) in [6.07, 6.45) is -0.229. The molecule has 1 aromatic carbocycles. The van der Waals surface area contributed by atoms with Gasteiger partial charge in [-0.05, 0) is 24.6 Å². The Kier molecular flexibility index (Phi) is 6.32. The van der Waals surface area contributed by atoms with Crippen LogP contribution in [0.5, 0.6) is 0 Å². The summed E-state index contributed by atoms with van der Waals surface area (Å²) >= 11 is 0. The molecule has 0 heterocycles. The van der Waals surface area contributed by atoms with E-state index in [1.807, 2.05) is 0 Å². The second-order valence-electron chi connectivity index (χ2n) is 3.99. The molecule has 4 nitrogen and oxygen atoms in total. The van der Waals surface area contributed by atoms with Crippen molar-refractivity contribution in [2.24, 2.45) is 0 Å². The highest BCUT2D eigenvalue weighted by Gasteiger charge is 2.08. The Morgan fingerprint density at radius 2 is 2.06 bits per heavy atom. The minimum atomic E-state index is -0.381. The summed E-state index contributed by atoms with van der Waals surface area (Å²) in [5, 5.41) is 3.13. The first-order valence-electron chi connectivity index (χ1n) is 5.75. The molecule has 1 rings (SSSR count). The van der Waals surface area contributed by atoms with Crippen LogP contribution >= 0.6 is 0 Å². The predicted molar refractivity (Wildman–Crippen MR) is 65.5 cm³/mol. The standard InChI is InChI=1S/C13H18FNO3/c1-10(18-13(16)9-17-2)7-15-8-11-3-5-12(14)6-4-11/h3-6,10,15H,7-9H2,1-2H3. The number of esters is 1. The first-order valence-corrected chi connectivity index (χ1v) is 5.75. The fraction of sp³-hybridized carbons (Fsp3) is 0.462. The highest BCUT2D eigenvalue weighted by molar-refractivity contribution is 5.70. The van der Waals surface area contributed by atoms with Gasteiger partial charge in [0.25, 0.3) is 0 Å². The molecule has 0 amide bonds. The normalized spacial score (nSPS) is 12.2. The quantitative estimate of drug-likeness (QED) is 0.750. The smallest absolute Gasteiger partial charge is 0.332 e. The highest BCUT2D eigenvalue weighted by Crippen LogP contribution is 2.02. The van der Waals surface area contributed by atoms with Gasteiger partial charge in [-0.25, -0.2) is 9.18 Å². The van der Waals surface area contributed by atoms with Crippen LogP contribution in [0.4, 0.5) is 4.39 Å². The van der Waals surface area contributed by atoms with Crippen LogP contribution in [0, 0.1) is 5.82 Å². The molecule has 0 saturated heterocycles. The van der Waals surface area contributed by atoms with E-state index >= 15 is 0 Å². The number of halogens is 1. The van der Waals surface area contributed by atoms with E-state index in [1.165, 1.54) is 19.2 Å². The summed E-state index contributed by atoms with van der Waals surface area (Å²) in [5.41, 5.74) is 0.979. The number of carbonyl (C=O) groups excluding carboxylic acids is 1. The van der Waals surface area contributed by atoms with Gasteiger partial charge in [0.2, 0.25) is 0 Å². The molecule has 0 fully saturated rings. The van der Waals surface area contributed by atoms with Crippen LogP contribution in [-0.4, -0.2) is 32.3 Å². The molecule has 0 spiro atoms. The number of rotatable bonds is 7. The minimum absolute atomic E-state index is 0.0394. The molecule has 0 saturated carbocycles. The predicted octanol–water partition coefficient (Wildman–Crippen LogP) is 1.49. The van der Waals surface area contributed by atoms with Crippen molar-refractivity contribution in [1.82, 2.24) is 5.32 Å². The van der Waals surface area contributed by atoms with E-state index in [9.17, 15) is 9.18 Å². The molecular weight excluding hydrogens is 237 g/mol. The van der Waals surface area contributed by atoms with Crippen LogP contribution in [0.25, 0.3) is 0 Å². The lowest BCUT2D eigenvalue weighted by Crippen LogP contribution is -2.29. The van der Waals surface area contributed by atoms with Crippen molar-refractivity contribution in [3.8, 4) is 0 Å². The van der Waals surface area contributed by atoms with Gasteiger partial charge >= 0.3 is 5.97 Å². The third-order valence-electron chi connectivity index (χ3n) is 2.27. The van der Waals surface area contributed by atoms with E-state index in [4.69, 9.17) is 4.74 Å². The van der Waals surface area contributed by atoms with Gasteiger partial charge in [0, 0.05) is 20.2 Å². The molecule has 0 aliphatic rings. The van der Waals surface area contributed by atoms with Crippen LogP contribution in [0.2, 0.25) is 0 Å². The van der Waals surface area contributed by atoms with Gasteiger partial charge in [-0.1, -0.05) is 12.1 Å². The van der Waals surface area contributed by atoms with Gasteiger partial charge in [-0.3, -0.25) is 0 Å². The number of ether oxygens (including phenoxy) is 2. The van der Waals surface area contributed by atoms with Crippen molar-refractivity contribution in [2.75, 3.05) is 20.3 Å². The van der Waals surface area contributed by atoms with Crippen LogP contribution < -0.4 is 5.32 Å². The second kappa shape index (κ2) is 7.79. The van der Waals surface area contributed by atoms with Crippen molar-refractivity contribution >= 4 is 5.97 Å². The Balaban J connectivity index is 2.21. The maximum absolute atomic E-state index is 12.7. The summed E-state index contributed by atoms with van der Waals surface area (Å²) in [7, 11) is 1.44. The van der Waals surface area contributed by atoms with Crippen molar-refractivity contribution in [3.05, 3.63) is 35.6 Å². The lowest BCUT2D eigenvalue weighted by atomic mass is 10.2. The molecular formula is C13H18FNO3. The highest BCUT2D eigenvalue weighted by atomic mass is 19.1. The largest absolute Gasteiger partial charge is 0.460 e. The Morgan fingerprint density at radius 1 is 1.39 bits per heavy atom. The van der Waals surface area contributed by atoms with E-state index < -0.39 is 0 Å². The number of benzene rings is 1. The van der Waals surface area contributed by atoms with Crippen LogP contribution in [0.15, 0.2) is 24.3 Å². The Hall–Kier alpha value is -1.46. The van der Waals surface area contributed by atoms with Crippen LogP contribution in [0.3, 0.4) is 0 Å². The van der Waals surface area contributed by atoms with Gasteiger partial charge in [0.1, 0.15) is 18.5 Å². The maximum Gasteiger partial charge on any atom is 0.332 e. The van der Waals surface area contributed by atoms with Gasteiger partial charge in [-0.2, -0.15) is 0 Å². The second-order valence-corrected chi connectivity index (χ2v) is 3.99. The van der Waals surface area contributed by atoms with Crippen LogP contribution in [0.1, 0.15) is 12.5 Å². The summed E-state index contributed by atoms with van der Waals surface area (Å²) in [6.45, 7) is 2.90. The molecule has 0 aliphatic carbocycles. The van der Waals surface area contributed by atoms with E-state index in [2.05, 4.69) is 10.1 Å². The first kappa shape index (κ1) is 14.6. The van der Waals surface area contributed by atoms with Gasteiger partial charge in [-0.15, -0.1) is 0 Å². The average Bonchev–Trinajstić information content (AvgIpc) is 2.32. The molecule has 100 valence electrons. The fourth-order valence-corrected chi connectivity index (χ4v) is 1.44. The van der Waals surface area contributed by atoms with E-state index in [1.54, 1.807) is 19.1 Å². The fourth-order valence-electron chi connectivity index (χ4n) is 1.44. The molecule has 5 heteroatoms. The van der Waals surface area contributed by atoms with Crippen LogP contribution in [-0.2, 0) is 20.8 Å². The Bertz CT molecular complexity index is 367. The zero-order valence-electron chi connectivity index (χ0n) is 10.6. The SMILES string of the molecule is COCC(=O)OC(C)CNCc1ccc(F)cc1. The molecule has 1 unspecified atom stereocenters. The molecule has 1 aromatic rings. The number of nitrogens with one attached hydrogen (secondary N) is 1. The van der Waals surface area contributed by atoms with E-state index in [0.717, 1.165) is 5.56 Å². The molecule has 18 heavy (non-hydrogen) atoms. The zero-order valence-corrected chi connectivity index (χ0v) is 10.6. The monoisotopic (exact) mass is 255 g/mol. The molecule has 1 N–H and O–H groups in total. The van der Waals surface area contributed by atoms with Crippen molar-refractivity contribution < 1.29 is 18.7 Å². The topological polar surface area (TPSA) is 47.6 Å². The van der Waals surface area contributed by atoms with Gasteiger partial charge in [0.15, 0.2) is 0 Å². The molecule has 0 aromatic heterocycles. The summed E-state index contributed by atoms with van der Waals surface area (Å²) in [5.74, 6) is -0.630. The summed E-state index contributed by atoms with van der Waals surface area (Å²) in [4.78, 5) is 11.1. The molecule has 0 radical (unpaired) electrons. The lowest BCUT2D eigenvalue weighted by molar-refractivity contribution is -0.152. The number of hydrogen-bond acceptors (Lipinski definition) is 4. The molecule has 0 aliphatic heterocycles. The summed E-state index contributed by atoms with van der Waals surface area (Å²) in [6, 6.07) is 6.26. The van der Waals surface area contributed by atoms with E-state index in [-0.39, 0.29) is 24.5 Å². The molecule has 0 bridgehead atoms. The third kappa shape index (κ3) is 5.75. The third-order valence-corrected chi connectivity index (χ3v) is 2.27. The minimum Gasteiger partial charge on any atom is -0.460 e. The van der Waals surface area contributed by atoms with Crippen molar-refractivity contribution in [1.29, 1.82) is 0 Å². The van der Waals surface area contributed by atoms with Gasteiger partial charge in [0.05, 0.1) is 0 Å². The lowest BCUT2D eigenvalue weighted by Gasteiger charge is -2.13. The van der Waals surface area contributed by atoms with Crippen molar-refractivity contribution in [2.45, 2.75) is 19.6 Å². The number of carbonyl (C=O) groups is 1. The van der Waals surface area contributed by atoms with E-state index in [0.29, 0.717) is 13.1 Å². The summed E-state index contributed by atoms with van der Waals surface area (Å²) < 4.78 is 22.4. The van der Waals surface area contributed by atoms with Crippen molar-refractivity contribution in [3.63, 3.8) is 0 Å². The number of methoxy groups -OCH3 is 1. The Morgan fingerprint density at radius 3 is 2.67 bits per heavy atom.